The first kappa shape index (κ1) is 9.01. The van der Waals surface area contributed by atoms with Crippen LogP contribution in [0.25, 0.3) is 0 Å². The molecule has 0 aromatic heterocycles. The Morgan fingerprint density at radius 1 is 1.36 bits per heavy atom. The first-order valence-electron chi connectivity index (χ1n) is 4.72. The minimum Gasteiger partial charge on any atom is -0.396 e. The van der Waals surface area contributed by atoms with E-state index in [9.17, 15) is 0 Å². The Balaban J connectivity index is 2.31. The highest BCUT2D eigenvalue weighted by molar-refractivity contribution is 4.79. The van der Waals surface area contributed by atoms with Gasteiger partial charge in [0.25, 0.3) is 0 Å². The van der Waals surface area contributed by atoms with Crippen molar-refractivity contribution in [1.29, 1.82) is 0 Å². The fourth-order valence-electron chi connectivity index (χ4n) is 1.96. The van der Waals surface area contributed by atoms with Gasteiger partial charge in [0.2, 0.25) is 0 Å². The van der Waals surface area contributed by atoms with Crippen LogP contribution >= 0.6 is 0 Å². The van der Waals surface area contributed by atoms with Crippen LogP contribution in [0.1, 0.15) is 32.6 Å². The van der Waals surface area contributed by atoms with E-state index in [0.29, 0.717) is 18.6 Å². The van der Waals surface area contributed by atoms with E-state index in [1.54, 1.807) is 0 Å². The number of aliphatic hydroxyl groups excluding tert-OH is 1. The Labute approximate surface area is 69.0 Å². The minimum absolute atomic E-state index is 0.359. The maximum Gasteiger partial charge on any atom is 0.0474 e. The van der Waals surface area contributed by atoms with Gasteiger partial charge in [-0.2, -0.15) is 0 Å². The minimum atomic E-state index is 0.359. The maximum absolute atomic E-state index is 9.05. The van der Waals surface area contributed by atoms with Crippen LogP contribution < -0.4 is 5.32 Å². The molecule has 0 radical (unpaired) electrons. The van der Waals surface area contributed by atoms with Crippen molar-refractivity contribution >= 4 is 0 Å². The Kier molecular flexibility index (Phi) is 3.87. The number of hydrogen-bond acceptors (Lipinski definition) is 2. The van der Waals surface area contributed by atoms with Gasteiger partial charge in [-0.15, -0.1) is 0 Å². The molecule has 0 amide bonds. The molecule has 0 bridgehead atoms. The van der Waals surface area contributed by atoms with Gasteiger partial charge in [0, 0.05) is 12.6 Å². The highest BCUT2D eigenvalue weighted by atomic mass is 16.3. The van der Waals surface area contributed by atoms with E-state index >= 15 is 0 Å². The number of hydrogen-bond donors (Lipinski definition) is 2. The van der Waals surface area contributed by atoms with Crippen molar-refractivity contribution in [2.45, 2.75) is 38.6 Å². The number of nitrogens with one attached hydrogen (secondary N) is 1. The fraction of sp³-hybridized carbons (Fsp3) is 1.00. The van der Waals surface area contributed by atoms with Crippen LogP contribution in [-0.2, 0) is 0 Å². The zero-order chi connectivity index (χ0) is 8.10. The van der Waals surface area contributed by atoms with E-state index in [2.05, 4.69) is 12.2 Å². The van der Waals surface area contributed by atoms with E-state index in [1.807, 2.05) is 0 Å². The molecule has 2 atom stereocenters. The van der Waals surface area contributed by atoms with Crippen LogP contribution in [0.4, 0.5) is 0 Å². The SMILES string of the molecule is CCN[C@@H]1CCCC[C@@H]1CO. The average Bonchev–Trinajstić information content (AvgIpc) is 2.06. The van der Waals surface area contributed by atoms with Crippen molar-refractivity contribution < 1.29 is 5.11 Å². The Bertz CT molecular complexity index is 104. The van der Waals surface area contributed by atoms with E-state index in [0.717, 1.165) is 6.54 Å². The summed E-state index contributed by atoms with van der Waals surface area (Å²) in [6.07, 6.45) is 5.08. The molecule has 1 saturated carbocycles. The fourth-order valence-corrected chi connectivity index (χ4v) is 1.96. The van der Waals surface area contributed by atoms with Gasteiger partial charge < -0.3 is 10.4 Å². The lowest BCUT2D eigenvalue weighted by Crippen LogP contribution is -2.39. The molecule has 1 fully saturated rings. The summed E-state index contributed by atoms with van der Waals surface area (Å²) in [5.41, 5.74) is 0. The molecule has 0 heterocycles. The van der Waals surface area contributed by atoms with Gasteiger partial charge in [-0.25, -0.2) is 0 Å². The van der Waals surface area contributed by atoms with Crippen LogP contribution in [0.3, 0.4) is 0 Å². The summed E-state index contributed by atoms with van der Waals surface area (Å²) in [5, 5.41) is 12.5. The Hall–Kier alpha value is -0.0800. The van der Waals surface area contributed by atoms with Crippen molar-refractivity contribution in [1.82, 2.24) is 5.32 Å². The second-order valence-corrected chi connectivity index (χ2v) is 3.39. The molecule has 0 aliphatic heterocycles. The summed E-state index contributed by atoms with van der Waals surface area (Å²) in [6, 6.07) is 0.582. The van der Waals surface area contributed by atoms with Crippen LogP contribution in [0, 0.1) is 5.92 Å². The third-order valence-electron chi connectivity index (χ3n) is 2.61. The van der Waals surface area contributed by atoms with Crippen LogP contribution in [0.5, 0.6) is 0 Å². The van der Waals surface area contributed by atoms with E-state index in [-0.39, 0.29) is 0 Å². The average molecular weight is 157 g/mol. The van der Waals surface area contributed by atoms with E-state index < -0.39 is 0 Å². The molecule has 1 aliphatic rings. The molecule has 1 rings (SSSR count). The molecule has 0 saturated heterocycles. The van der Waals surface area contributed by atoms with E-state index in [4.69, 9.17) is 5.11 Å². The van der Waals surface area contributed by atoms with Crippen molar-refractivity contribution in [2.75, 3.05) is 13.2 Å². The zero-order valence-electron chi connectivity index (χ0n) is 7.34. The van der Waals surface area contributed by atoms with E-state index in [1.165, 1.54) is 25.7 Å². The lowest BCUT2D eigenvalue weighted by Gasteiger charge is -2.30. The van der Waals surface area contributed by atoms with Crippen LogP contribution in [-0.4, -0.2) is 24.3 Å². The smallest absolute Gasteiger partial charge is 0.0474 e. The first-order valence-corrected chi connectivity index (χ1v) is 4.72. The van der Waals surface area contributed by atoms with Gasteiger partial charge in [0.15, 0.2) is 0 Å². The largest absolute Gasteiger partial charge is 0.396 e. The molecule has 0 unspecified atom stereocenters. The quantitative estimate of drug-likeness (QED) is 0.644. The topological polar surface area (TPSA) is 32.3 Å². The number of rotatable bonds is 3. The zero-order valence-corrected chi connectivity index (χ0v) is 7.34. The lowest BCUT2D eigenvalue weighted by molar-refractivity contribution is 0.154. The Morgan fingerprint density at radius 2 is 2.09 bits per heavy atom. The summed E-state index contributed by atoms with van der Waals surface area (Å²) in [6.45, 7) is 3.52. The second-order valence-electron chi connectivity index (χ2n) is 3.39. The monoisotopic (exact) mass is 157 g/mol. The molecule has 2 nitrogen and oxygen atoms in total. The molecule has 66 valence electrons. The molecule has 0 spiro atoms. The lowest BCUT2D eigenvalue weighted by atomic mass is 9.85. The van der Waals surface area contributed by atoms with Crippen molar-refractivity contribution in [3.63, 3.8) is 0 Å². The van der Waals surface area contributed by atoms with Gasteiger partial charge in [-0.3, -0.25) is 0 Å². The molecular weight excluding hydrogens is 138 g/mol. The first-order chi connectivity index (χ1) is 5.38. The van der Waals surface area contributed by atoms with Gasteiger partial charge in [0.1, 0.15) is 0 Å². The molecule has 0 aromatic carbocycles. The summed E-state index contributed by atoms with van der Waals surface area (Å²) >= 11 is 0. The molecular formula is C9H19NO. The summed E-state index contributed by atoms with van der Waals surface area (Å²) < 4.78 is 0. The van der Waals surface area contributed by atoms with Crippen molar-refractivity contribution in [3.8, 4) is 0 Å². The van der Waals surface area contributed by atoms with Crippen LogP contribution in [0.2, 0.25) is 0 Å². The third-order valence-corrected chi connectivity index (χ3v) is 2.61. The predicted molar refractivity (Wildman–Crippen MR) is 46.5 cm³/mol. The standard InChI is InChI=1S/C9H19NO/c1-2-10-9-6-4-3-5-8(9)7-11/h8-11H,2-7H2,1H3/t8-,9-/m1/s1. The van der Waals surface area contributed by atoms with Gasteiger partial charge in [-0.05, 0) is 25.3 Å². The highest BCUT2D eigenvalue weighted by Crippen LogP contribution is 2.23. The summed E-state index contributed by atoms with van der Waals surface area (Å²) in [5.74, 6) is 0.517. The molecule has 11 heavy (non-hydrogen) atoms. The van der Waals surface area contributed by atoms with Crippen molar-refractivity contribution in [3.05, 3.63) is 0 Å². The highest BCUT2D eigenvalue weighted by Gasteiger charge is 2.22. The normalized spacial score (nSPS) is 32.2. The molecule has 0 aromatic rings. The number of aliphatic hydroxyl groups is 1. The molecule has 1 aliphatic carbocycles. The third kappa shape index (κ3) is 2.46. The van der Waals surface area contributed by atoms with Gasteiger partial charge in [0.05, 0.1) is 0 Å². The predicted octanol–water partition coefficient (Wildman–Crippen LogP) is 1.15. The van der Waals surface area contributed by atoms with Gasteiger partial charge in [-0.1, -0.05) is 19.8 Å². The summed E-state index contributed by atoms with van der Waals surface area (Å²) in [4.78, 5) is 0. The molecule has 2 N–H and O–H groups in total. The second kappa shape index (κ2) is 4.73. The Morgan fingerprint density at radius 3 is 2.73 bits per heavy atom. The van der Waals surface area contributed by atoms with Gasteiger partial charge >= 0.3 is 0 Å². The van der Waals surface area contributed by atoms with Crippen LogP contribution in [0.15, 0.2) is 0 Å². The summed E-state index contributed by atoms with van der Waals surface area (Å²) in [7, 11) is 0. The maximum atomic E-state index is 9.05. The molecule has 2 heteroatoms. The van der Waals surface area contributed by atoms with Crippen molar-refractivity contribution in [2.24, 2.45) is 5.92 Å².